The second-order valence-electron chi connectivity index (χ2n) is 3.23. The maximum atomic E-state index is 11.0. The molecule has 1 nitrogen and oxygen atoms in total. The molecular formula is C11H13BrO. The summed E-state index contributed by atoms with van der Waals surface area (Å²) in [6.07, 6.45) is 0. The van der Waals surface area contributed by atoms with Crippen molar-refractivity contribution in [1.29, 1.82) is 0 Å². The number of hydrogen-bond acceptors (Lipinski definition) is 1. The van der Waals surface area contributed by atoms with Crippen LogP contribution in [0.4, 0.5) is 0 Å². The van der Waals surface area contributed by atoms with Crippen LogP contribution in [0.15, 0.2) is 24.3 Å². The minimum Gasteiger partial charge on any atom is -0.295 e. The number of hydrogen-bond donors (Lipinski definition) is 0. The molecular weight excluding hydrogens is 228 g/mol. The third kappa shape index (κ3) is 2.66. The Morgan fingerprint density at radius 3 is 2.31 bits per heavy atom. The summed E-state index contributed by atoms with van der Waals surface area (Å²) in [6, 6.07) is 7.80. The lowest BCUT2D eigenvalue weighted by molar-refractivity contribution is 0.101. The molecule has 2 heteroatoms. The third-order valence-electron chi connectivity index (χ3n) is 2.12. The lowest BCUT2D eigenvalue weighted by Gasteiger charge is -2.07. The molecule has 0 heterocycles. The second-order valence-corrected chi connectivity index (χ2v) is 3.88. The molecule has 0 fully saturated rings. The van der Waals surface area contributed by atoms with Gasteiger partial charge in [-0.25, -0.2) is 0 Å². The molecule has 0 saturated heterocycles. The lowest BCUT2D eigenvalue weighted by Crippen LogP contribution is -1.96. The fourth-order valence-corrected chi connectivity index (χ4v) is 1.51. The number of benzene rings is 1. The van der Waals surface area contributed by atoms with E-state index < -0.39 is 0 Å². The molecule has 1 aromatic rings. The topological polar surface area (TPSA) is 17.1 Å². The SMILES string of the molecule is CC(=O)c1ccc(C(C)CBr)cc1. The van der Waals surface area contributed by atoms with E-state index >= 15 is 0 Å². The number of rotatable bonds is 3. The van der Waals surface area contributed by atoms with Gasteiger partial charge in [-0.05, 0) is 18.4 Å². The van der Waals surface area contributed by atoms with E-state index in [1.165, 1.54) is 5.56 Å². The summed E-state index contributed by atoms with van der Waals surface area (Å²) in [5.74, 6) is 0.624. The van der Waals surface area contributed by atoms with Crippen molar-refractivity contribution in [2.75, 3.05) is 5.33 Å². The maximum absolute atomic E-state index is 11.0. The van der Waals surface area contributed by atoms with Crippen LogP contribution in [0.1, 0.15) is 35.7 Å². The highest BCUT2D eigenvalue weighted by atomic mass is 79.9. The number of carbonyl (C=O) groups is 1. The first kappa shape index (κ1) is 10.5. The molecule has 0 aliphatic rings. The van der Waals surface area contributed by atoms with Gasteiger partial charge in [0.1, 0.15) is 0 Å². The van der Waals surface area contributed by atoms with Crippen molar-refractivity contribution >= 4 is 21.7 Å². The maximum Gasteiger partial charge on any atom is 0.159 e. The van der Waals surface area contributed by atoms with Crippen molar-refractivity contribution in [3.8, 4) is 0 Å². The zero-order chi connectivity index (χ0) is 9.84. The van der Waals surface area contributed by atoms with Crippen LogP contribution in [-0.4, -0.2) is 11.1 Å². The van der Waals surface area contributed by atoms with E-state index in [1.807, 2.05) is 24.3 Å². The van der Waals surface area contributed by atoms with Gasteiger partial charge in [0.2, 0.25) is 0 Å². The summed E-state index contributed by atoms with van der Waals surface area (Å²) >= 11 is 3.43. The van der Waals surface area contributed by atoms with Gasteiger partial charge in [-0.1, -0.05) is 47.1 Å². The van der Waals surface area contributed by atoms with Crippen molar-refractivity contribution < 1.29 is 4.79 Å². The van der Waals surface area contributed by atoms with Crippen LogP contribution in [0.3, 0.4) is 0 Å². The molecule has 0 amide bonds. The molecule has 1 unspecified atom stereocenters. The van der Waals surface area contributed by atoms with Crippen molar-refractivity contribution in [3.63, 3.8) is 0 Å². The summed E-state index contributed by atoms with van der Waals surface area (Å²) < 4.78 is 0. The average Bonchev–Trinajstić information content (AvgIpc) is 2.17. The molecule has 0 saturated carbocycles. The Kier molecular flexibility index (Phi) is 3.67. The van der Waals surface area contributed by atoms with Crippen LogP contribution in [-0.2, 0) is 0 Å². The monoisotopic (exact) mass is 240 g/mol. The largest absolute Gasteiger partial charge is 0.295 e. The van der Waals surface area contributed by atoms with Crippen molar-refractivity contribution in [3.05, 3.63) is 35.4 Å². The Bertz CT molecular complexity index is 289. The average molecular weight is 241 g/mol. The Morgan fingerprint density at radius 1 is 1.38 bits per heavy atom. The van der Waals surface area contributed by atoms with Crippen LogP contribution in [0.5, 0.6) is 0 Å². The van der Waals surface area contributed by atoms with Crippen molar-refractivity contribution in [1.82, 2.24) is 0 Å². The van der Waals surface area contributed by atoms with Crippen molar-refractivity contribution in [2.45, 2.75) is 19.8 Å². The second kappa shape index (κ2) is 4.56. The fraction of sp³-hybridized carbons (Fsp3) is 0.364. The molecule has 13 heavy (non-hydrogen) atoms. The predicted octanol–water partition coefficient (Wildman–Crippen LogP) is 3.39. The van der Waals surface area contributed by atoms with E-state index in [1.54, 1.807) is 6.92 Å². The number of halogens is 1. The zero-order valence-electron chi connectivity index (χ0n) is 7.88. The standard InChI is InChI=1S/C11H13BrO/c1-8(7-12)10-3-5-11(6-4-10)9(2)13/h3-6,8H,7H2,1-2H3. The minimum absolute atomic E-state index is 0.123. The van der Waals surface area contributed by atoms with Crippen LogP contribution in [0, 0.1) is 0 Å². The summed E-state index contributed by atoms with van der Waals surface area (Å²) in [6.45, 7) is 3.74. The molecule has 1 aromatic carbocycles. The Morgan fingerprint density at radius 2 is 1.92 bits per heavy atom. The smallest absolute Gasteiger partial charge is 0.159 e. The predicted molar refractivity (Wildman–Crippen MR) is 58.7 cm³/mol. The van der Waals surface area contributed by atoms with Gasteiger partial charge in [-0.3, -0.25) is 4.79 Å². The van der Waals surface area contributed by atoms with E-state index in [9.17, 15) is 4.79 Å². The van der Waals surface area contributed by atoms with Crippen molar-refractivity contribution in [2.24, 2.45) is 0 Å². The van der Waals surface area contributed by atoms with Crippen LogP contribution in [0.25, 0.3) is 0 Å². The molecule has 1 atom stereocenters. The molecule has 0 aromatic heterocycles. The normalized spacial score (nSPS) is 12.5. The van der Waals surface area contributed by atoms with E-state index in [-0.39, 0.29) is 5.78 Å². The molecule has 1 rings (SSSR count). The van der Waals surface area contributed by atoms with Gasteiger partial charge >= 0.3 is 0 Å². The number of alkyl halides is 1. The highest BCUT2D eigenvalue weighted by Gasteiger charge is 2.04. The zero-order valence-corrected chi connectivity index (χ0v) is 9.47. The van der Waals surface area contributed by atoms with Gasteiger partial charge in [0.15, 0.2) is 5.78 Å². The first-order valence-corrected chi connectivity index (χ1v) is 5.44. The third-order valence-corrected chi connectivity index (χ3v) is 3.09. The Hall–Kier alpha value is -0.630. The number of Topliss-reactive ketones (excluding diaryl/α,β-unsaturated/α-hetero) is 1. The fourth-order valence-electron chi connectivity index (χ4n) is 1.14. The molecule has 0 radical (unpaired) electrons. The summed E-state index contributed by atoms with van der Waals surface area (Å²) in [7, 11) is 0. The van der Waals surface area contributed by atoms with E-state index in [4.69, 9.17) is 0 Å². The summed E-state index contributed by atoms with van der Waals surface area (Å²) in [4.78, 5) is 11.0. The Balaban J connectivity index is 2.87. The van der Waals surface area contributed by atoms with Crippen LogP contribution < -0.4 is 0 Å². The van der Waals surface area contributed by atoms with Gasteiger partial charge in [0.25, 0.3) is 0 Å². The molecule has 0 aliphatic carbocycles. The van der Waals surface area contributed by atoms with Crippen LogP contribution in [0.2, 0.25) is 0 Å². The van der Waals surface area contributed by atoms with E-state index in [2.05, 4.69) is 22.9 Å². The first-order valence-electron chi connectivity index (χ1n) is 4.32. The summed E-state index contributed by atoms with van der Waals surface area (Å²) in [5, 5.41) is 0.951. The van der Waals surface area contributed by atoms with Gasteiger partial charge in [-0.15, -0.1) is 0 Å². The minimum atomic E-state index is 0.123. The molecule has 0 spiro atoms. The summed E-state index contributed by atoms with van der Waals surface area (Å²) in [5.41, 5.74) is 2.05. The number of ketones is 1. The quantitative estimate of drug-likeness (QED) is 0.585. The lowest BCUT2D eigenvalue weighted by atomic mass is 10.0. The highest BCUT2D eigenvalue weighted by Crippen LogP contribution is 2.17. The molecule has 0 aliphatic heterocycles. The molecule has 70 valence electrons. The number of carbonyl (C=O) groups excluding carboxylic acids is 1. The van der Waals surface area contributed by atoms with Gasteiger partial charge < -0.3 is 0 Å². The van der Waals surface area contributed by atoms with Gasteiger partial charge in [0.05, 0.1) is 0 Å². The highest BCUT2D eigenvalue weighted by molar-refractivity contribution is 9.09. The van der Waals surface area contributed by atoms with Gasteiger partial charge in [-0.2, -0.15) is 0 Å². The van der Waals surface area contributed by atoms with E-state index in [0.29, 0.717) is 5.92 Å². The van der Waals surface area contributed by atoms with E-state index in [0.717, 1.165) is 10.9 Å². The van der Waals surface area contributed by atoms with Crippen LogP contribution >= 0.6 is 15.9 Å². The first-order chi connectivity index (χ1) is 6.15. The van der Waals surface area contributed by atoms with Gasteiger partial charge in [0, 0.05) is 10.9 Å². The Labute approximate surface area is 87.3 Å². The molecule has 0 bridgehead atoms. The molecule has 0 N–H and O–H groups in total.